The van der Waals surface area contributed by atoms with Gasteiger partial charge in [-0.25, -0.2) is 0 Å². The number of rotatable bonds is 10. The number of ether oxygens (including phenoxy) is 2. The molecular formula is C15H30N2O3. The topological polar surface area (TPSA) is 50.8 Å². The largest absolute Gasteiger partial charge is 0.468 e. The number of nitrogens with one attached hydrogen (secondary N) is 1. The van der Waals surface area contributed by atoms with Gasteiger partial charge in [0.1, 0.15) is 5.54 Å². The van der Waals surface area contributed by atoms with E-state index in [9.17, 15) is 4.79 Å². The summed E-state index contributed by atoms with van der Waals surface area (Å²) < 4.78 is 10.2. The summed E-state index contributed by atoms with van der Waals surface area (Å²) in [5, 5.41) is 3.45. The summed E-state index contributed by atoms with van der Waals surface area (Å²) in [5.41, 5.74) is -0.646. The van der Waals surface area contributed by atoms with Crippen molar-refractivity contribution < 1.29 is 14.3 Å². The number of carbonyl (C=O) groups is 1. The predicted molar refractivity (Wildman–Crippen MR) is 79.8 cm³/mol. The lowest BCUT2D eigenvalue weighted by atomic mass is 10.00. The van der Waals surface area contributed by atoms with Gasteiger partial charge in [-0.05, 0) is 33.1 Å². The second-order valence-corrected chi connectivity index (χ2v) is 5.96. The van der Waals surface area contributed by atoms with E-state index in [-0.39, 0.29) is 5.97 Å². The Kier molecular flexibility index (Phi) is 6.92. The van der Waals surface area contributed by atoms with E-state index in [0.717, 1.165) is 25.8 Å². The third-order valence-corrected chi connectivity index (χ3v) is 4.05. The van der Waals surface area contributed by atoms with Crippen LogP contribution in [-0.4, -0.2) is 62.4 Å². The van der Waals surface area contributed by atoms with Gasteiger partial charge in [0.2, 0.25) is 0 Å². The number of esters is 1. The molecule has 1 aliphatic carbocycles. The molecule has 1 saturated carbocycles. The molecule has 2 unspecified atom stereocenters. The molecule has 0 saturated heterocycles. The molecule has 2 atom stereocenters. The van der Waals surface area contributed by atoms with E-state index in [4.69, 9.17) is 9.47 Å². The van der Waals surface area contributed by atoms with Crippen LogP contribution in [-0.2, 0) is 14.3 Å². The van der Waals surface area contributed by atoms with Crippen LogP contribution < -0.4 is 5.32 Å². The minimum Gasteiger partial charge on any atom is -0.468 e. The average Bonchev–Trinajstić information content (AvgIpc) is 3.25. The van der Waals surface area contributed by atoms with Gasteiger partial charge < -0.3 is 9.47 Å². The minimum atomic E-state index is -0.646. The molecule has 5 heteroatoms. The van der Waals surface area contributed by atoms with Gasteiger partial charge in [0.15, 0.2) is 0 Å². The molecule has 1 aliphatic rings. The third kappa shape index (κ3) is 5.04. The van der Waals surface area contributed by atoms with Crippen LogP contribution in [0.15, 0.2) is 0 Å². The summed E-state index contributed by atoms with van der Waals surface area (Å²) in [5.74, 6) is -0.185. The van der Waals surface area contributed by atoms with Crippen LogP contribution in [0.2, 0.25) is 0 Å². The molecule has 0 aromatic rings. The lowest BCUT2D eigenvalue weighted by Crippen LogP contribution is -2.59. The van der Waals surface area contributed by atoms with E-state index in [1.54, 1.807) is 7.11 Å². The highest BCUT2D eigenvalue weighted by Crippen LogP contribution is 2.24. The van der Waals surface area contributed by atoms with Crippen LogP contribution >= 0.6 is 0 Å². The van der Waals surface area contributed by atoms with Crippen molar-refractivity contribution in [1.29, 1.82) is 0 Å². The zero-order valence-corrected chi connectivity index (χ0v) is 13.6. The van der Waals surface area contributed by atoms with Crippen molar-refractivity contribution in [1.82, 2.24) is 10.2 Å². The number of carbonyl (C=O) groups excluding carboxylic acids is 1. The van der Waals surface area contributed by atoms with E-state index >= 15 is 0 Å². The standard InChI is InChI=1S/C15H30N2O3/c1-6-12(2)17(9-10-19-4)11-15(3,14(18)20-5)16-13-7-8-13/h12-13,16H,6-11H2,1-5H3. The van der Waals surface area contributed by atoms with E-state index in [1.807, 2.05) is 6.92 Å². The summed E-state index contributed by atoms with van der Waals surface area (Å²) in [6.07, 6.45) is 3.34. The Bertz CT molecular complexity index is 307. The molecular weight excluding hydrogens is 256 g/mol. The van der Waals surface area contributed by atoms with Crippen molar-refractivity contribution in [3.05, 3.63) is 0 Å². The molecule has 1 N–H and O–H groups in total. The zero-order valence-electron chi connectivity index (χ0n) is 13.6. The highest BCUT2D eigenvalue weighted by Gasteiger charge is 2.41. The fraction of sp³-hybridized carbons (Fsp3) is 0.933. The van der Waals surface area contributed by atoms with Crippen LogP contribution in [0.4, 0.5) is 0 Å². The summed E-state index contributed by atoms with van der Waals surface area (Å²) in [7, 11) is 3.16. The normalized spacial score (nSPS) is 19.7. The van der Waals surface area contributed by atoms with Crippen molar-refractivity contribution >= 4 is 5.97 Å². The summed E-state index contributed by atoms with van der Waals surface area (Å²) in [6, 6.07) is 0.871. The molecule has 0 aromatic carbocycles. The monoisotopic (exact) mass is 286 g/mol. The second kappa shape index (κ2) is 7.96. The third-order valence-electron chi connectivity index (χ3n) is 4.05. The molecule has 5 nitrogen and oxygen atoms in total. The minimum absolute atomic E-state index is 0.185. The lowest BCUT2D eigenvalue weighted by molar-refractivity contribution is -0.149. The first-order chi connectivity index (χ1) is 9.46. The second-order valence-electron chi connectivity index (χ2n) is 5.96. The molecule has 0 heterocycles. The molecule has 0 bridgehead atoms. The molecule has 0 aliphatic heterocycles. The molecule has 1 rings (SSSR count). The van der Waals surface area contributed by atoms with Gasteiger partial charge in [-0.15, -0.1) is 0 Å². The molecule has 0 aromatic heterocycles. The first-order valence-electron chi connectivity index (χ1n) is 7.56. The molecule has 118 valence electrons. The van der Waals surface area contributed by atoms with E-state index in [2.05, 4.69) is 24.1 Å². The fourth-order valence-corrected chi connectivity index (χ4v) is 2.40. The van der Waals surface area contributed by atoms with Crippen molar-refractivity contribution in [2.24, 2.45) is 0 Å². The summed E-state index contributed by atoms with van der Waals surface area (Å²) in [4.78, 5) is 14.5. The van der Waals surface area contributed by atoms with Gasteiger partial charge in [0.25, 0.3) is 0 Å². The Morgan fingerprint density at radius 3 is 2.55 bits per heavy atom. The molecule has 1 fully saturated rings. The number of methoxy groups -OCH3 is 2. The molecule has 20 heavy (non-hydrogen) atoms. The van der Waals surface area contributed by atoms with Gasteiger partial charge in [-0.2, -0.15) is 0 Å². The highest BCUT2D eigenvalue weighted by molar-refractivity contribution is 5.80. The molecule has 0 amide bonds. The van der Waals surface area contributed by atoms with Crippen LogP contribution in [0.1, 0.15) is 40.0 Å². The Hall–Kier alpha value is -0.650. The highest BCUT2D eigenvalue weighted by atomic mass is 16.5. The maximum absolute atomic E-state index is 12.2. The lowest BCUT2D eigenvalue weighted by Gasteiger charge is -2.37. The van der Waals surface area contributed by atoms with Crippen LogP contribution in [0.5, 0.6) is 0 Å². The molecule has 0 radical (unpaired) electrons. The Labute approximate surface area is 123 Å². The van der Waals surface area contributed by atoms with Crippen LogP contribution in [0.25, 0.3) is 0 Å². The Morgan fingerprint density at radius 2 is 2.10 bits per heavy atom. The first kappa shape index (κ1) is 17.4. The Balaban J connectivity index is 2.73. The Morgan fingerprint density at radius 1 is 1.45 bits per heavy atom. The van der Waals surface area contributed by atoms with Gasteiger partial charge in [-0.1, -0.05) is 6.92 Å². The smallest absolute Gasteiger partial charge is 0.327 e. The molecule has 0 spiro atoms. The SMILES string of the molecule is CCC(C)N(CCOC)CC(C)(NC1CC1)C(=O)OC. The summed E-state index contributed by atoms with van der Waals surface area (Å²) in [6.45, 7) is 8.43. The van der Waals surface area contributed by atoms with Crippen LogP contribution in [0, 0.1) is 0 Å². The van der Waals surface area contributed by atoms with Crippen LogP contribution in [0.3, 0.4) is 0 Å². The number of hydrogen-bond donors (Lipinski definition) is 1. The van der Waals surface area contributed by atoms with Gasteiger partial charge in [0.05, 0.1) is 13.7 Å². The summed E-state index contributed by atoms with van der Waals surface area (Å²) >= 11 is 0. The van der Waals surface area contributed by atoms with Gasteiger partial charge in [-0.3, -0.25) is 15.0 Å². The number of hydrogen-bond acceptors (Lipinski definition) is 5. The van der Waals surface area contributed by atoms with E-state index in [0.29, 0.717) is 25.2 Å². The van der Waals surface area contributed by atoms with Gasteiger partial charge >= 0.3 is 5.97 Å². The van der Waals surface area contributed by atoms with Crippen molar-refractivity contribution in [2.75, 3.05) is 33.9 Å². The van der Waals surface area contributed by atoms with Gasteiger partial charge in [0, 0.05) is 32.3 Å². The predicted octanol–water partition coefficient (Wildman–Crippen LogP) is 1.42. The first-order valence-corrected chi connectivity index (χ1v) is 7.56. The van der Waals surface area contributed by atoms with E-state index < -0.39 is 5.54 Å². The van der Waals surface area contributed by atoms with Crippen molar-refractivity contribution in [3.8, 4) is 0 Å². The zero-order chi connectivity index (χ0) is 15.2. The van der Waals surface area contributed by atoms with Crippen molar-refractivity contribution in [3.63, 3.8) is 0 Å². The van der Waals surface area contributed by atoms with E-state index in [1.165, 1.54) is 7.11 Å². The fourth-order valence-electron chi connectivity index (χ4n) is 2.40. The maximum Gasteiger partial charge on any atom is 0.327 e. The number of nitrogens with zero attached hydrogens (tertiary/aromatic N) is 1. The average molecular weight is 286 g/mol. The quantitative estimate of drug-likeness (QED) is 0.616. The van der Waals surface area contributed by atoms with Crippen molar-refractivity contribution in [2.45, 2.75) is 57.7 Å². The maximum atomic E-state index is 12.2.